The molecule has 0 spiro atoms. The zero-order valence-corrected chi connectivity index (χ0v) is 12.9. The van der Waals surface area contributed by atoms with Crippen molar-refractivity contribution < 1.29 is 17.5 Å². The molecule has 0 radical (unpaired) electrons. The van der Waals surface area contributed by atoms with Gasteiger partial charge in [-0.25, -0.2) is 4.57 Å². The molecule has 1 heterocycles. The first-order chi connectivity index (χ1) is 10.5. The lowest BCUT2D eigenvalue weighted by molar-refractivity contribution is -0.697. The van der Waals surface area contributed by atoms with Crippen LogP contribution in [0, 0.1) is 0 Å². The maximum atomic E-state index is 10.7. The van der Waals surface area contributed by atoms with Gasteiger partial charge in [-0.1, -0.05) is 18.2 Å². The van der Waals surface area contributed by atoms with Gasteiger partial charge >= 0.3 is 0 Å². The molecule has 6 nitrogen and oxygen atoms in total. The molecule has 0 fully saturated rings. The molecule has 0 aliphatic rings. The summed E-state index contributed by atoms with van der Waals surface area (Å²) in [5.74, 6) is -0.238. The molecule has 2 rings (SSSR count). The van der Waals surface area contributed by atoms with Crippen molar-refractivity contribution in [2.45, 2.75) is 19.5 Å². The summed E-state index contributed by atoms with van der Waals surface area (Å²) in [4.78, 5) is 0. The Morgan fingerprint density at radius 1 is 1.09 bits per heavy atom. The van der Waals surface area contributed by atoms with E-state index >= 15 is 0 Å². The van der Waals surface area contributed by atoms with Crippen molar-refractivity contribution in [3.05, 3.63) is 60.4 Å². The third kappa shape index (κ3) is 6.11. The molecular formula is C15H18N3O3S+. The molecule has 0 atom stereocenters. The van der Waals surface area contributed by atoms with Crippen molar-refractivity contribution in [2.24, 2.45) is 10.2 Å². The highest BCUT2D eigenvalue weighted by molar-refractivity contribution is 7.85. The van der Waals surface area contributed by atoms with Gasteiger partial charge in [0.15, 0.2) is 12.4 Å². The van der Waals surface area contributed by atoms with Gasteiger partial charge in [-0.3, -0.25) is 4.55 Å². The minimum absolute atomic E-state index is 0.238. The summed E-state index contributed by atoms with van der Waals surface area (Å²) in [5.41, 5.74) is 1.79. The summed E-state index contributed by atoms with van der Waals surface area (Å²) in [7, 11) is -3.90. The van der Waals surface area contributed by atoms with E-state index in [2.05, 4.69) is 10.2 Å². The lowest BCUT2D eigenvalue weighted by Gasteiger charge is -1.98. The third-order valence-electron chi connectivity index (χ3n) is 2.93. The summed E-state index contributed by atoms with van der Waals surface area (Å²) < 4.78 is 32.0. The van der Waals surface area contributed by atoms with E-state index in [9.17, 15) is 8.42 Å². The first-order valence-corrected chi connectivity index (χ1v) is 8.49. The van der Waals surface area contributed by atoms with Gasteiger partial charge < -0.3 is 0 Å². The van der Waals surface area contributed by atoms with Crippen LogP contribution in [0.15, 0.2) is 65.1 Å². The summed E-state index contributed by atoms with van der Waals surface area (Å²) in [6, 6.07) is 13.3. The first-order valence-electron chi connectivity index (χ1n) is 6.89. The molecule has 0 saturated heterocycles. The molecule has 7 heteroatoms. The zero-order chi connectivity index (χ0) is 15.8. The molecule has 1 N–H and O–H groups in total. The van der Waals surface area contributed by atoms with Crippen LogP contribution in [0.1, 0.15) is 12.0 Å². The van der Waals surface area contributed by atoms with Gasteiger partial charge in [0, 0.05) is 18.1 Å². The maximum absolute atomic E-state index is 10.7. The predicted octanol–water partition coefficient (Wildman–Crippen LogP) is 2.54. The van der Waals surface area contributed by atoms with Gasteiger partial charge in [0.1, 0.15) is 6.54 Å². The van der Waals surface area contributed by atoms with E-state index in [1.54, 1.807) is 0 Å². The molecule has 22 heavy (non-hydrogen) atoms. The van der Waals surface area contributed by atoms with Crippen LogP contribution in [0.3, 0.4) is 0 Å². The van der Waals surface area contributed by atoms with Crippen LogP contribution in [0.5, 0.6) is 0 Å². The second-order valence-electron chi connectivity index (χ2n) is 4.82. The predicted molar refractivity (Wildman–Crippen MR) is 82.3 cm³/mol. The summed E-state index contributed by atoms with van der Waals surface area (Å²) in [6.45, 7) is 0.970. The number of pyridine rings is 1. The number of aromatic nitrogens is 1. The molecule has 1 aromatic heterocycles. The number of nitrogens with zero attached hydrogens (tertiary/aromatic N) is 3. The van der Waals surface area contributed by atoms with Gasteiger partial charge in [0.05, 0.1) is 18.0 Å². The Morgan fingerprint density at radius 2 is 1.86 bits per heavy atom. The van der Waals surface area contributed by atoms with Gasteiger partial charge in [-0.15, -0.1) is 0 Å². The molecule has 0 unspecified atom stereocenters. The van der Waals surface area contributed by atoms with Crippen molar-refractivity contribution >= 4 is 15.8 Å². The Morgan fingerprint density at radius 3 is 2.59 bits per heavy atom. The van der Waals surface area contributed by atoms with Gasteiger partial charge in [-0.2, -0.15) is 18.6 Å². The number of azo groups is 1. The van der Waals surface area contributed by atoms with E-state index in [4.69, 9.17) is 4.55 Å². The Bertz CT molecular complexity index is 731. The molecular weight excluding hydrogens is 302 g/mol. The number of hydrogen-bond acceptors (Lipinski definition) is 4. The van der Waals surface area contributed by atoms with E-state index in [1.165, 1.54) is 0 Å². The fourth-order valence-corrected chi connectivity index (χ4v) is 2.43. The van der Waals surface area contributed by atoms with E-state index in [1.807, 2.05) is 59.4 Å². The molecule has 1 aromatic carbocycles. The second kappa shape index (κ2) is 7.77. The van der Waals surface area contributed by atoms with E-state index in [-0.39, 0.29) is 5.75 Å². The fourth-order valence-electron chi connectivity index (χ4n) is 1.93. The van der Waals surface area contributed by atoms with Crippen molar-refractivity contribution in [1.82, 2.24) is 0 Å². The number of rotatable bonds is 7. The van der Waals surface area contributed by atoms with E-state index in [0.717, 1.165) is 11.3 Å². The quantitative estimate of drug-likeness (QED) is 0.483. The lowest BCUT2D eigenvalue weighted by Crippen LogP contribution is -2.34. The fraction of sp³-hybridized carbons (Fsp3) is 0.267. The van der Waals surface area contributed by atoms with E-state index in [0.29, 0.717) is 19.5 Å². The van der Waals surface area contributed by atoms with Crippen molar-refractivity contribution in [3.63, 3.8) is 0 Å². The number of hydrogen-bond donors (Lipinski definition) is 1. The summed E-state index contributed by atoms with van der Waals surface area (Å²) in [5, 5.41) is 8.28. The highest BCUT2D eigenvalue weighted by Crippen LogP contribution is 2.11. The standard InChI is InChI=1S/C15H17N3O3S/c19-22(20,21)11-5-10-18-9-4-6-14(13-18)12-16-17-15-7-2-1-3-8-15/h1-4,6-9,13H,5,10-12H2/p+1. The van der Waals surface area contributed by atoms with Crippen LogP contribution in [-0.2, 0) is 23.2 Å². The Labute approximate surface area is 129 Å². The van der Waals surface area contributed by atoms with Gasteiger partial charge in [0.25, 0.3) is 10.1 Å². The number of aryl methyl sites for hydroxylation is 1. The molecule has 0 saturated carbocycles. The minimum atomic E-state index is -3.90. The molecule has 0 bridgehead atoms. The highest BCUT2D eigenvalue weighted by atomic mass is 32.2. The number of benzene rings is 1. The zero-order valence-electron chi connectivity index (χ0n) is 12.0. The average Bonchev–Trinajstić information content (AvgIpc) is 2.47. The Hall–Kier alpha value is -2.12. The topological polar surface area (TPSA) is 83.0 Å². The lowest BCUT2D eigenvalue weighted by atomic mass is 10.3. The smallest absolute Gasteiger partial charge is 0.265 e. The third-order valence-corrected chi connectivity index (χ3v) is 3.74. The monoisotopic (exact) mass is 320 g/mol. The van der Waals surface area contributed by atoms with Crippen LogP contribution in [0.2, 0.25) is 0 Å². The van der Waals surface area contributed by atoms with Crippen molar-refractivity contribution in [2.75, 3.05) is 5.75 Å². The molecule has 2 aromatic rings. The second-order valence-corrected chi connectivity index (χ2v) is 6.40. The largest absolute Gasteiger partial charge is 0.286 e. The Kier molecular flexibility index (Phi) is 5.74. The van der Waals surface area contributed by atoms with Crippen LogP contribution < -0.4 is 4.57 Å². The molecule has 0 aliphatic heterocycles. The average molecular weight is 320 g/mol. The summed E-state index contributed by atoms with van der Waals surface area (Å²) >= 11 is 0. The maximum Gasteiger partial charge on any atom is 0.265 e. The van der Waals surface area contributed by atoms with Crippen LogP contribution in [0.25, 0.3) is 0 Å². The van der Waals surface area contributed by atoms with Crippen LogP contribution in [0.4, 0.5) is 5.69 Å². The Balaban J connectivity index is 1.90. The molecule has 116 valence electrons. The van der Waals surface area contributed by atoms with E-state index < -0.39 is 10.1 Å². The van der Waals surface area contributed by atoms with Gasteiger partial charge in [-0.05, 0) is 18.2 Å². The summed E-state index contributed by atoms with van der Waals surface area (Å²) in [6.07, 6.45) is 4.11. The van der Waals surface area contributed by atoms with Crippen LogP contribution >= 0.6 is 0 Å². The minimum Gasteiger partial charge on any atom is -0.286 e. The first kappa shape index (κ1) is 16.3. The van der Waals surface area contributed by atoms with Crippen molar-refractivity contribution in [1.29, 1.82) is 0 Å². The van der Waals surface area contributed by atoms with Crippen molar-refractivity contribution in [3.8, 4) is 0 Å². The molecule has 0 amide bonds. The normalized spacial score (nSPS) is 11.9. The molecule has 0 aliphatic carbocycles. The SMILES string of the molecule is O=S(=O)(O)CCC[n+]1cccc(CN=Nc2ccccc2)c1. The van der Waals surface area contributed by atoms with Gasteiger partial charge in [0.2, 0.25) is 0 Å². The van der Waals surface area contributed by atoms with Crippen LogP contribution in [-0.4, -0.2) is 18.7 Å². The highest BCUT2D eigenvalue weighted by Gasteiger charge is 2.08.